The van der Waals surface area contributed by atoms with Crippen LogP contribution in [0, 0.1) is 11.6 Å². The molecular formula is C13H8Br2F2N2S. The summed E-state index contributed by atoms with van der Waals surface area (Å²) in [6, 6.07) is 7.51. The van der Waals surface area contributed by atoms with E-state index in [-0.39, 0.29) is 15.1 Å². The molecule has 0 radical (unpaired) electrons. The standard InChI is InChI=1S/C13H8Br2F2N2S/c14-8-3-1-6(5-9(8)16)19-10-4-2-7(13(18)20)11(15)12(10)17/h1-5,19H,(H2,18,20). The Labute approximate surface area is 136 Å². The minimum atomic E-state index is -0.543. The Balaban J connectivity index is 2.37. The molecule has 0 aliphatic carbocycles. The van der Waals surface area contributed by atoms with Gasteiger partial charge in [-0.3, -0.25) is 0 Å². The van der Waals surface area contributed by atoms with Crippen LogP contribution in [0.25, 0.3) is 0 Å². The summed E-state index contributed by atoms with van der Waals surface area (Å²) < 4.78 is 28.1. The number of hydrogen-bond acceptors (Lipinski definition) is 2. The average molecular weight is 422 g/mol. The maximum Gasteiger partial charge on any atom is 0.161 e. The second-order valence-electron chi connectivity index (χ2n) is 3.91. The summed E-state index contributed by atoms with van der Waals surface area (Å²) in [7, 11) is 0. The summed E-state index contributed by atoms with van der Waals surface area (Å²) in [4.78, 5) is 0.0945. The number of anilines is 2. The monoisotopic (exact) mass is 420 g/mol. The van der Waals surface area contributed by atoms with Crippen LogP contribution in [-0.4, -0.2) is 4.99 Å². The van der Waals surface area contributed by atoms with Crippen molar-refractivity contribution in [2.24, 2.45) is 5.73 Å². The molecular weight excluding hydrogens is 414 g/mol. The van der Waals surface area contributed by atoms with Crippen LogP contribution in [0.5, 0.6) is 0 Å². The fourth-order valence-electron chi connectivity index (χ4n) is 1.57. The molecule has 0 saturated heterocycles. The third kappa shape index (κ3) is 3.16. The quantitative estimate of drug-likeness (QED) is 0.694. The van der Waals surface area contributed by atoms with E-state index in [1.165, 1.54) is 18.2 Å². The van der Waals surface area contributed by atoms with E-state index < -0.39 is 11.6 Å². The molecule has 0 atom stereocenters. The molecule has 104 valence electrons. The predicted molar refractivity (Wildman–Crippen MR) is 87.4 cm³/mol. The molecule has 0 aliphatic rings. The Hall–Kier alpha value is -1.05. The van der Waals surface area contributed by atoms with Crippen LogP contribution in [0.3, 0.4) is 0 Å². The van der Waals surface area contributed by atoms with E-state index in [0.29, 0.717) is 15.7 Å². The Bertz CT molecular complexity index is 692. The van der Waals surface area contributed by atoms with Crippen molar-refractivity contribution < 1.29 is 8.78 Å². The van der Waals surface area contributed by atoms with Crippen LogP contribution in [-0.2, 0) is 0 Å². The van der Waals surface area contributed by atoms with Crippen LogP contribution >= 0.6 is 44.1 Å². The molecule has 0 spiro atoms. The van der Waals surface area contributed by atoms with Gasteiger partial charge in [-0.05, 0) is 62.2 Å². The van der Waals surface area contributed by atoms with E-state index in [1.807, 2.05) is 0 Å². The first kappa shape index (κ1) is 15.3. The van der Waals surface area contributed by atoms with E-state index in [9.17, 15) is 8.78 Å². The molecule has 2 aromatic carbocycles. The first-order valence-corrected chi connectivity index (χ1v) is 7.39. The largest absolute Gasteiger partial charge is 0.389 e. The van der Waals surface area contributed by atoms with Crippen molar-refractivity contribution in [3.8, 4) is 0 Å². The third-order valence-corrected chi connectivity index (χ3v) is 4.18. The number of nitrogens with two attached hydrogens (primary N) is 1. The molecule has 20 heavy (non-hydrogen) atoms. The molecule has 0 heterocycles. The predicted octanol–water partition coefficient (Wildman–Crippen LogP) is 4.87. The first-order valence-electron chi connectivity index (χ1n) is 5.40. The van der Waals surface area contributed by atoms with Crippen LogP contribution in [0.1, 0.15) is 5.56 Å². The Morgan fingerprint density at radius 1 is 1.15 bits per heavy atom. The summed E-state index contributed by atoms with van der Waals surface area (Å²) in [5, 5.41) is 2.80. The van der Waals surface area contributed by atoms with Crippen molar-refractivity contribution in [2.75, 3.05) is 5.32 Å². The van der Waals surface area contributed by atoms with Gasteiger partial charge in [-0.15, -0.1) is 0 Å². The Morgan fingerprint density at radius 3 is 2.45 bits per heavy atom. The summed E-state index contributed by atoms with van der Waals surface area (Å²) in [6.07, 6.45) is 0. The maximum absolute atomic E-state index is 14.2. The lowest BCUT2D eigenvalue weighted by molar-refractivity contribution is 0.620. The van der Waals surface area contributed by atoms with E-state index in [1.54, 1.807) is 12.1 Å². The Kier molecular flexibility index (Phi) is 4.72. The van der Waals surface area contributed by atoms with E-state index >= 15 is 0 Å². The molecule has 0 saturated carbocycles. The number of benzene rings is 2. The number of rotatable bonds is 3. The minimum Gasteiger partial charge on any atom is -0.389 e. The molecule has 2 aromatic rings. The zero-order valence-electron chi connectivity index (χ0n) is 9.88. The zero-order chi connectivity index (χ0) is 14.9. The number of halogens is 4. The van der Waals surface area contributed by atoms with Gasteiger partial charge in [0.2, 0.25) is 0 Å². The van der Waals surface area contributed by atoms with Crippen LogP contribution in [0.2, 0.25) is 0 Å². The number of nitrogens with one attached hydrogen (secondary N) is 1. The van der Waals surface area contributed by atoms with E-state index in [2.05, 4.69) is 37.2 Å². The smallest absolute Gasteiger partial charge is 0.161 e. The Morgan fingerprint density at radius 2 is 1.85 bits per heavy atom. The number of thiocarbonyl (C=S) groups is 1. The molecule has 7 heteroatoms. The van der Waals surface area contributed by atoms with Gasteiger partial charge in [-0.25, -0.2) is 8.78 Å². The van der Waals surface area contributed by atoms with Gasteiger partial charge in [-0.2, -0.15) is 0 Å². The molecule has 2 nitrogen and oxygen atoms in total. The van der Waals surface area contributed by atoms with Crippen LogP contribution in [0.15, 0.2) is 39.3 Å². The van der Waals surface area contributed by atoms with Gasteiger partial charge in [0.25, 0.3) is 0 Å². The third-order valence-electron chi connectivity index (χ3n) is 2.55. The average Bonchev–Trinajstić information content (AvgIpc) is 2.39. The topological polar surface area (TPSA) is 38.0 Å². The van der Waals surface area contributed by atoms with Crippen LogP contribution in [0.4, 0.5) is 20.2 Å². The molecule has 0 bridgehead atoms. The second kappa shape index (κ2) is 6.15. The van der Waals surface area contributed by atoms with Crippen molar-refractivity contribution in [3.05, 3.63) is 56.5 Å². The summed E-state index contributed by atoms with van der Waals surface area (Å²) in [6.45, 7) is 0. The van der Waals surface area contributed by atoms with Crippen molar-refractivity contribution in [1.29, 1.82) is 0 Å². The molecule has 3 N–H and O–H groups in total. The lowest BCUT2D eigenvalue weighted by atomic mass is 10.2. The van der Waals surface area contributed by atoms with Gasteiger partial charge in [0.1, 0.15) is 10.8 Å². The summed E-state index contributed by atoms with van der Waals surface area (Å²) >= 11 is 11.0. The SMILES string of the molecule is NC(=S)c1ccc(Nc2ccc(Br)c(F)c2)c(F)c1Br. The highest BCUT2D eigenvalue weighted by molar-refractivity contribution is 9.10. The summed E-state index contributed by atoms with van der Waals surface area (Å²) in [5.74, 6) is -0.979. The number of hydrogen-bond donors (Lipinski definition) is 2. The van der Waals surface area contributed by atoms with Gasteiger partial charge in [0.15, 0.2) is 5.82 Å². The minimum absolute atomic E-state index is 0.0945. The van der Waals surface area contributed by atoms with Gasteiger partial charge >= 0.3 is 0 Å². The molecule has 2 rings (SSSR count). The fourth-order valence-corrected chi connectivity index (χ4v) is 2.67. The summed E-state index contributed by atoms with van der Waals surface area (Å²) in [5.41, 5.74) is 6.51. The van der Waals surface area contributed by atoms with Gasteiger partial charge in [-0.1, -0.05) is 12.2 Å². The molecule has 0 amide bonds. The van der Waals surface area contributed by atoms with Crippen LogP contribution < -0.4 is 11.1 Å². The highest BCUT2D eigenvalue weighted by Crippen LogP contribution is 2.30. The maximum atomic E-state index is 14.2. The fraction of sp³-hybridized carbons (Fsp3) is 0. The lowest BCUT2D eigenvalue weighted by Gasteiger charge is -2.11. The van der Waals surface area contributed by atoms with Crippen molar-refractivity contribution in [1.82, 2.24) is 0 Å². The molecule has 0 unspecified atom stereocenters. The highest BCUT2D eigenvalue weighted by atomic mass is 79.9. The van der Waals surface area contributed by atoms with Gasteiger partial charge in [0, 0.05) is 11.3 Å². The van der Waals surface area contributed by atoms with Gasteiger partial charge in [0.05, 0.1) is 14.6 Å². The second-order valence-corrected chi connectivity index (χ2v) is 5.99. The molecule has 0 aromatic heterocycles. The zero-order valence-corrected chi connectivity index (χ0v) is 13.9. The van der Waals surface area contributed by atoms with Crippen molar-refractivity contribution >= 4 is 60.4 Å². The normalized spacial score (nSPS) is 10.4. The van der Waals surface area contributed by atoms with Gasteiger partial charge < -0.3 is 11.1 Å². The highest BCUT2D eigenvalue weighted by Gasteiger charge is 2.13. The van der Waals surface area contributed by atoms with E-state index in [0.717, 1.165) is 0 Å². The molecule has 0 aliphatic heterocycles. The first-order chi connectivity index (χ1) is 9.40. The van der Waals surface area contributed by atoms with Crippen molar-refractivity contribution in [3.63, 3.8) is 0 Å². The molecule has 0 fully saturated rings. The van der Waals surface area contributed by atoms with Crippen molar-refractivity contribution in [2.45, 2.75) is 0 Å². The van der Waals surface area contributed by atoms with E-state index in [4.69, 9.17) is 18.0 Å². The lowest BCUT2D eigenvalue weighted by Crippen LogP contribution is -2.11.